The number of nitrogens with zero attached hydrogens (tertiary/aromatic N) is 1. The number of hydrogen-bond acceptors (Lipinski definition) is 5. The molecule has 1 aromatic heterocycles. The summed E-state index contributed by atoms with van der Waals surface area (Å²) in [5.74, 6) is 3.27. The molecule has 0 saturated carbocycles. The van der Waals surface area contributed by atoms with Gasteiger partial charge in [0.2, 0.25) is 6.71 Å². The maximum Gasteiger partial charge on any atom is 0.239 e. The molecule has 0 fully saturated rings. The predicted molar refractivity (Wildman–Crippen MR) is 133 cm³/mol. The van der Waals surface area contributed by atoms with Crippen LogP contribution in [0.3, 0.4) is 0 Å². The first-order valence-corrected chi connectivity index (χ1v) is 10.9. The van der Waals surface area contributed by atoms with Crippen molar-refractivity contribution in [3.8, 4) is 34.3 Å². The number of fused-ring (bicyclic) bond motifs is 4. The zero-order valence-corrected chi connectivity index (χ0v) is 21.5. The first kappa shape index (κ1) is 24.5. The molecule has 2 aliphatic rings. The van der Waals surface area contributed by atoms with E-state index in [4.69, 9.17) is 14.6 Å². The van der Waals surface area contributed by atoms with Gasteiger partial charge in [-0.3, -0.25) is 4.79 Å². The number of pyridine rings is 1. The number of carbonyl (C=O) groups excluding carboxylic acids is 1. The third kappa shape index (κ3) is 4.79. The van der Waals surface area contributed by atoms with Crippen LogP contribution in [0.2, 0.25) is 0 Å². The minimum atomic E-state index is -0.125. The van der Waals surface area contributed by atoms with Gasteiger partial charge in [-0.25, -0.2) is 0 Å². The Labute approximate surface area is 217 Å². The second-order valence-corrected chi connectivity index (χ2v) is 8.09. The number of allylic oxidation sites excluding steroid dienone is 2. The van der Waals surface area contributed by atoms with Crippen LogP contribution in [0.5, 0.6) is 23.0 Å². The third-order valence-electron chi connectivity index (χ3n) is 5.60. The summed E-state index contributed by atoms with van der Waals surface area (Å²) in [6.07, 6.45) is 2.95. The first-order chi connectivity index (χ1) is 16.5. The van der Waals surface area contributed by atoms with Gasteiger partial charge in [-0.05, 0) is 48.7 Å². The molecule has 0 bridgehead atoms. The minimum Gasteiger partial charge on any atom is -0.512 e. The first-order valence-electron chi connectivity index (χ1n) is 10.9. The van der Waals surface area contributed by atoms with Crippen molar-refractivity contribution in [1.82, 2.24) is 4.98 Å². The van der Waals surface area contributed by atoms with Crippen LogP contribution < -0.4 is 25.9 Å². The van der Waals surface area contributed by atoms with Gasteiger partial charge in [-0.2, -0.15) is 0 Å². The van der Waals surface area contributed by atoms with E-state index in [-0.39, 0.29) is 38.4 Å². The summed E-state index contributed by atoms with van der Waals surface area (Å²) in [5, 5.41) is 8.36. The molecular formula is C28H21BIrNO4-. The fourth-order valence-electron chi connectivity index (χ4n) is 4.32. The molecule has 2 aliphatic heterocycles. The Kier molecular flexibility index (Phi) is 7.20. The van der Waals surface area contributed by atoms with Crippen molar-refractivity contribution in [3.05, 3.63) is 96.9 Å². The number of ether oxygens (including phenoxy) is 2. The van der Waals surface area contributed by atoms with E-state index >= 15 is 0 Å². The summed E-state index contributed by atoms with van der Waals surface area (Å²) in [7, 11) is 0. The van der Waals surface area contributed by atoms with E-state index in [9.17, 15) is 4.79 Å². The van der Waals surface area contributed by atoms with Crippen molar-refractivity contribution in [2.75, 3.05) is 0 Å². The number of aliphatic hydroxyl groups excluding tert-OH is 1. The van der Waals surface area contributed by atoms with Gasteiger partial charge in [0.1, 0.15) is 11.5 Å². The van der Waals surface area contributed by atoms with Crippen molar-refractivity contribution in [3.63, 3.8) is 0 Å². The molecule has 0 atom stereocenters. The Balaban J connectivity index is 0.000000320. The number of benzene rings is 3. The molecule has 1 N–H and O–H groups in total. The van der Waals surface area contributed by atoms with Crippen LogP contribution in [0, 0.1) is 6.07 Å². The Morgan fingerprint density at radius 2 is 1.54 bits per heavy atom. The second kappa shape index (κ2) is 10.3. The second-order valence-electron chi connectivity index (χ2n) is 8.09. The molecule has 0 spiro atoms. The molecule has 0 unspecified atom stereocenters. The van der Waals surface area contributed by atoms with Crippen molar-refractivity contribution < 1.29 is 39.5 Å². The SMILES string of the molecule is CC(=O)/C=C(/C)O.[Ir].[c-]1cc2c3c(c1-c1ccccn1)Oc1ccccc1B3c1ccccc1O2. The van der Waals surface area contributed by atoms with Crippen molar-refractivity contribution in [1.29, 1.82) is 0 Å². The number of aromatic nitrogens is 1. The average Bonchev–Trinajstić information content (AvgIpc) is 2.84. The van der Waals surface area contributed by atoms with Gasteiger partial charge in [0.15, 0.2) is 5.78 Å². The molecule has 0 saturated heterocycles. The largest absolute Gasteiger partial charge is 0.512 e. The summed E-state index contributed by atoms with van der Waals surface area (Å²) >= 11 is 0. The van der Waals surface area contributed by atoms with E-state index in [0.717, 1.165) is 50.6 Å². The molecular weight excluding hydrogens is 617 g/mol. The molecule has 35 heavy (non-hydrogen) atoms. The molecule has 0 amide bonds. The van der Waals surface area contributed by atoms with E-state index in [0.29, 0.717) is 0 Å². The molecule has 3 aromatic carbocycles. The van der Waals surface area contributed by atoms with Gasteiger partial charge in [0, 0.05) is 43.9 Å². The van der Waals surface area contributed by atoms with Crippen LogP contribution in [0.1, 0.15) is 13.8 Å². The third-order valence-corrected chi connectivity index (χ3v) is 5.60. The fourth-order valence-corrected chi connectivity index (χ4v) is 4.32. The smallest absolute Gasteiger partial charge is 0.239 e. The fraction of sp³-hybridized carbons (Fsp3) is 0.0714. The van der Waals surface area contributed by atoms with Crippen LogP contribution in [-0.2, 0) is 24.9 Å². The quantitative estimate of drug-likeness (QED) is 0.133. The van der Waals surface area contributed by atoms with Gasteiger partial charge < -0.3 is 19.6 Å². The number of hydrogen-bond donors (Lipinski definition) is 1. The van der Waals surface area contributed by atoms with Crippen molar-refractivity contribution >= 4 is 28.9 Å². The Morgan fingerprint density at radius 3 is 2.11 bits per heavy atom. The Bertz CT molecular complexity index is 1410. The summed E-state index contributed by atoms with van der Waals surface area (Å²) in [4.78, 5) is 14.5. The maximum absolute atomic E-state index is 10.0. The molecule has 1 radical (unpaired) electrons. The van der Waals surface area contributed by atoms with E-state index in [2.05, 4.69) is 35.3 Å². The maximum atomic E-state index is 10.0. The number of carbonyl (C=O) groups is 1. The van der Waals surface area contributed by atoms with Crippen LogP contribution in [0.25, 0.3) is 11.3 Å². The van der Waals surface area contributed by atoms with E-state index in [1.165, 1.54) is 19.9 Å². The van der Waals surface area contributed by atoms with Gasteiger partial charge in [0.25, 0.3) is 0 Å². The normalized spacial score (nSPS) is 12.3. The zero-order valence-electron chi connectivity index (χ0n) is 19.1. The molecule has 4 aromatic rings. The molecule has 3 heterocycles. The summed E-state index contributed by atoms with van der Waals surface area (Å²) in [6.45, 7) is 2.92. The number of ketones is 1. The van der Waals surface area contributed by atoms with E-state index in [1.54, 1.807) is 6.20 Å². The molecule has 0 aliphatic carbocycles. The molecule has 175 valence electrons. The molecule has 7 heteroatoms. The van der Waals surface area contributed by atoms with Gasteiger partial charge >= 0.3 is 0 Å². The van der Waals surface area contributed by atoms with Crippen LogP contribution in [0.4, 0.5) is 0 Å². The number of aliphatic hydroxyl groups is 1. The standard InChI is InChI=1S/C23H13BNO2.C5H8O2.Ir/c1-3-10-19-16(7-1)24-17-8-2-4-11-20(17)27-23-15(18-9-5-6-14-25-18)12-13-21(26-19)22(23)24;1-4(6)3-5(2)7;/h1-11,13-14H;3,6H,1-2H3;/q-1;;/b;4-3-;. The van der Waals surface area contributed by atoms with Crippen LogP contribution >= 0.6 is 0 Å². The minimum absolute atomic E-state index is 0. The van der Waals surface area contributed by atoms with Gasteiger partial charge in [0.05, 0.1) is 5.76 Å². The average molecular weight is 639 g/mol. The Hall–Kier alpha value is -3.67. The predicted octanol–water partition coefficient (Wildman–Crippen LogP) is 4.31. The monoisotopic (exact) mass is 639 g/mol. The van der Waals surface area contributed by atoms with Gasteiger partial charge in [-0.15, -0.1) is 12.1 Å². The van der Waals surface area contributed by atoms with E-state index in [1.807, 2.05) is 48.5 Å². The summed E-state index contributed by atoms with van der Waals surface area (Å²) < 4.78 is 12.6. The van der Waals surface area contributed by atoms with E-state index < -0.39 is 0 Å². The number of para-hydroxylation sites is 2. The van der Waals surface area contributed by atoms with Crippen LogP contribution in [-0.4, -0.2) is 22.6 Å². The number of rotatable bonds is 2. The molecule has 6 rings (SSSR count). The summed E-state index contributed by atoms with van der Waals surface area (Å²) in [6, 6.07) is 27.5. The zero-order chi connectivity index (χ0) is 23.7. The molecule has 5 nitrogen and oxygen atoms in total. The summed E-state index contributed by atoms with van der Waals surface area (Å²) in [5.41, 5.74) is 5.05. The van der Waals surface area contributed by atoms with Gasteiger partial charge in [-0.1, -0.05) is 59.6 Å². The Morgan fingerprint density at radius 1 is 0.914 bits per heavy atom. The van der Waals surface area contributed by atoms with Crippen molar-refractivity contribution in [2.45, 2.75) is 13.8 Å². The van der Waals surface area contributed by atoms with Crippen LogP contribution in [0.15, 0.2) is 90.8 Å². The van der Waals surface area contributed by atoms with Crippen molar-refractivity contribution in [2.24, 2.45) is 0 Å². The topological polar surface area (TPSA) is 68.7 Å².